The van der Waals surface area contributed by atoms with E-state index in [1.165, 1.54) is 0 Å². The molecule has 0 aromatic heterocycles. The SMILES string of the molecule is CC1(O)CC(=O)OC(c2ccc(OCc3ccccc3)cc2)C1. The summed E-state index contributed by atoms with van der Waals surface area (Å²) in [5.41, 5.74) is 0.960. The van der Waals surface area contributed by atoms with Gasteiger partial charge in [0.1, 0.15) is 18.5 Å². The second-order valence-electron chi connectivity index (χ2n) is 6.20. The lowest BCUT2D eigenvalue weighted by atomic mass is 9.89. The smallest absolute Gasteiger partial charge is 0.309 e. The number of esters is 1. The Labute approximate surface area is 135 Å². The van der Waals surface area contributed by atoms with E-state index < -0.39 is 11.7 Å². The molecule has 1 aliphatic heterocycles. The molecule has 2 atom stereocenters. The van der Waals surface area contributed by atoms with Gasteiger partial charge in [0.15, 0.2) is 0 Å². The van der Waals surface area contributed by atoms with Crippen LogP contribution in [0.3, 0.4) is 0 Å². The van der Waals surface area contributed by atoms with Crippen molar-refractivity contribution in [3.05, 3.63) is 65.7 Å². The van der Waals surface area contributed by atoms with E-state index in [1.54, 1.807) is 6.92 Å². The van der Waals surface area contributed by atoms with Crippen molar-refractivity contribution in [2.75, 3.05) is 0 Å². The zero-order valence-corrected chi connectivity index (χ0v) is 13.1. The van der Waals surface area contributed by atoms with Gasteiger partial charge in [-0.1, -0.05) is 42.5 Å². The molecule has 0 aliphatic carbocycles. The molecule has 0 amide bonds. The van der Waals surface area contributed by atoms with E-state index >= 15 is 0 Å². The Morgan fingerprint density at radius 3 is 2.52 bits per heavy atom. The van der Waals surface area contributed by atoms with Gasteiger partial charge in [-0.05, 0) is 30.2 Å². The number of benzene rings is 2. The van der Waals surface area contributed by atoms with Gasteiger partial charge in [-0.3, -0.25) is 4.79 Å². The molecular weight excluding hydrogens is 292 g/mol. The third-order valence-electron chi connectivity index (χ3n) is 3.92. The summed E-state index contributed by atoms with van der Waals surface area (Å²) in [6, 6.07) is 17.4. The zero-order chi connectivity index (χ0) is 16.3. The molecule has 1 saturated heterocycles. The Balaban J connectivity index is 1.64. The summed E-state index contributed by atoms with van der Waals surface area (Å²) < 4.78 is 11.1. The van der Waals surface area contributed by atoms with E-state index in [1.807, 2.05) is 54.6 Å². The van der Waals surface area contributed by atoms with Gasteiger partial charge in [-0.25, -0.2) is 0 Å². The molecule has 1 aliphatic rings. The zero-order valence-electron chi connectivity index (χ0n) is 13.1. The van der Waals surface area contributed by atoms with Crippen molar-refractivity contribution in [1.82, 2.24) is 0 Å². The Morgan fingerprint density at radius 2 is 1.87 bits per heavy atom. The standard InChI is InChI=1S/C19H20O4/c1-19(21)11-17(23-18(20)12-19)15-7-9-16(10-8-15)22-13-14-5-3-2-4-6-14/h2-10,17,21H,11-13H2,1H3. The highest BCUT2D eigenvalue weighted by Crippen LogP contribution is 2.35. The Morgan fingerprint density at radius 1 is 1.17 bits per heavy atom. The minimum atomic E-state index is -1.01. The van der Waals surface area contributed by atoms with Gasteiger partial charge in [0.25, 0.3) is 0 Å². The Kier molecular flexibility index (Phi) is 4.35. The maximum absolute atomic E-state index is 11.6. The van der Waals surface area contributed by atoms with Gasteiger partial charge < -0.3 is 14.6 Å². The van der Waals surface area contributed by atoms with Gasteiger partial charge in [0.2, 0.25) is 0 Å². The molecule has 1 heterocycles. The molecule has 120 valence electrons. The summed E-state index contributed by atoms with van der Waals surface area (Å²) >= 11 is 0. The van der Waals surface area contributed by atoms with E-state index in [0.29, 0.717) is 13.0 Å². The highest BCUT2D eigenvalue weighted by Gasteiger charge is 2.36. The molecule has 1 N–H and O–H groups in total. The summed E-state index contributed by atoms with van der Waals surface area (Å²) in [5, 5.41) is 10.1. The van der Waals surface area contributed by atoms with Gasteiger partial charge >= 0.3 is 5.97 Å². The predicted octanol–water partition coefficient (Wildman–Crippen LogP) is 3.39. The molecule has 1 fully saturated rings. The van der Waals surface area contributed by atoms with Crippen molar-refractivity contribution in [2.45, 2.75) is 38.1 Å². The van der Waals surface area contributed by atoms with Crippen LogP contribution < -0.4 is 4.74 Å². The lowest BCUT2D eigenvalue weighted by Crippen LogP contribution is -2.37. The third-order valence-corrected chi connectivity index (χ3v) is 3.92. The van der Waals surface area contributed by atoms with Gasteiger partial charge in [-0.15, -0.1) is 0 Å². The predicted molar refractivity (Wildman–Crippen MR) is 85.9 cm³/mol. The van der Waals surface area contributed by atoms with Crippen LogP contribution in [0.5, 0.6) is 5.75 Å². The summed E-state index contributed by atoms with van der Waals surface area (Å²) in [6.45, 7) is 2.17. The second kappa shape index (κ2) is 6.42. The molecule has 4 heteroatoms. The highest BCUT2D eigenvalue weighted by molar-refractivity contribution is 5.72. The maximum atomic E-state index is 11.6. The average molecular weight is 312 g/mol. The van der Waals surface area contributed by atoms with E-state index in [2.05, 4.69) is 0 Å². The van der Waals surface area contributed by atoms with Crippen molar-refractivity contribution in [2.24, 2.45) is 0 Å². The van der Waals surface area contributed by atoms with Crippen molar-refractivity contribution in [1.29, 1.82) is 0 Å². The summed E-state index contributed by atoms with van der Waals surface area (Å²) in [6.07, 6.45) is 0.0412. The lowest BCUT2D eigenvalue weighted by molar-refractivity contribution is -0.168. The van der Waals surface area contributed by atoms with Crippen LogP contribution in [0.2, 0.25) is 0 Å². The average Bonchev–Trinajstić information content (AvgIpc) is 2.52. The largest absolute Gasteiger partial charge is 0.489 e. The molecule has 0 spiro atoms. The van der Waals surface area contributed by atoms with Crippen LogP contribution in [0.15, 0.2) is 54.6 Å². The van der Waals surface area contributed by atoms with E-state index in [9.17, 15) is 9.90 Å². The molecule has 0 saturated carbocycles. The van der Waals surface area contributed by atoms with Gasteiger partial charge in [0, 0.05) is 6.42 Å². The third kappa shape index (κ3) is 4.11. The van der Waals surface area contributed by atoms with Crippen LogP contribution in [0.1, 0.15) is 37.0 Å². The van der Waals surface area contributed by atoms with E-state index in [0.717, 1.165) is 16.9 Å². The first-order valence-corrected chi connectivity index (χ1v) is 7.70. The minimum absolute atomic E-state index is 0.0434. The fraction of sp³-hybridized carbons (Fsp3) is 0.316. The first-order valence-electron chi connectivity index (χ1n) is 7.70. The number of hydrogen-bond acceptors (Lipinski definition) is 4. The fourth-order valence-corrected chi connectivity index (χ4v) is 2.73. The highest BCUT2D eigenvalue weighted by atomic mass is 16.5. The van der Waals surface area contributed by atoms with Crippen LogP contribution in [-0.4, -0.2) is 16.7 Å². The monoisotopic (exact) mass is 312 g/mol. The quantitative estimate of drug-likeness (QED) is 0.879. The van der Waals surface area contributed by atoms with E-state index in [-0.39, 0.29) is 12.4 Å². The molecule has 2 aromatic rings. The topological polar surface area (TPSA) is 55.8 Å². The molecule has 3 rings (SSSR count). The number of hydrogen-bond donors (Lipinski definition) is 1. The van der Waals surface area contributed by atoms with Crippen molar-refractivity contribution >= 4 is 5.97 Å². The Hall–Kier alpha value is -2.33. The number of ether oxygens (including phenoxy) is 2. The summed E-state index contributed by atoms with van der Waals surface area (Å²) in [7, 11) is 0. The van der Waals surface area contributed by atoms with Crippen molar-refractivity contribution < 1.29 is 19.4 Å². The van der Waals surface area contributed by atoms with E-state index in [4.69, 9.17) is 9.47 Å². The fourth-order valence-electron chi connectivity index (χ4n) is 2.73. The maximum Gasteiger partial charge on any atom is 0.309 e. The Bertz CT molecular complexity index is 662. The van der Waals surface area contributed by atoms with Gasteiger partial charge in [-0.2, -0.15) is 0 Å². The summed E-state index contributed by atoms with van der Waals surface area (Å²) in [5.74, 6) is 0.391. The number of aliphatic hydroxyl groups is 1. The number of carbonyl (C=O) groups excluding carboxylic acids is 1. The van der Waals surface area contributed by atoms with Crippen molar-refractivity contribution in [3.8, 4) is 5.75 Å². The van der Waals surface area contributed by atoms with Crippen LogP contribution in [0, 0.1) is 0 Å². The first-order chi connectivity index (χ1) is 11.0. The molecule has 23 heavy (non-hydrogen) atoms. The number of cyclic esters (lactones) is 1. The first kappa shape index (κ1) is 15.6. The number of rotatable bonds is 4. The second-order valence-corrected chi connectivity index (χ2v) is 6.20. The normalized spacial score (nSPS) is 24.1. The number of carbonyl (C=O) groups is 1. The van der Waals surface area contributed by atoms with Crippen molar-refractivity contribution in [3.63, 3.8) is 0 Å². The molecule has 2 unspecified atom stereocenters. The van der Waals surface area contributed by atoms with Crippen LogP contribution in [0.25, 0.3) is 0 Å². The minimum Gasteiger partial charge on any atom is -0.489 e. The van der Waals surface area contributed by atoms with Crippen LogP contribution in [-0.2, 0) is 16.1 Å². The molecule has 0 bridgehead atoms. The molecule has 2 aromatic carbocycles. The van der Waals surface area contributed by atoms with Gasteiger partial charge in [0.05, 0.1) is 12.0 Å². The molecule has 0 radical (unpaired) electrons. The lowest BCUT2D eigenvalue weighted by Gasteiger charge is -2.33. The van der Waals surface area contributed by atoms with Crippen LogP contribution >= 0.6 is 0 Å². The molecule has 4 nitrogen and oxygen atoms in total. The summed E-state index contributed by atoms with van der Waals surface area (Å²) in [4.78, 5) is 11.6. The van der Waals surface area contributed by atoms with Crippen LogP contribution in [0.4, 0.5) is 0 Å². The molecular formula is C19H20O4.